The molecular weight excluding hydrogens is 215 g/mol. The van der Waals surface area contributed by atoms with Crippen LogP contribution in [0.2, 0.25) is 0 Å². The summed E-state index contributed by atoms with van der Waals surface area (Å²) in [4.78, 5) is 2.17. The second-order valence-corrected chi connectivity index (χ2v) is 4.82. The molecule has 1 aromatic carbocycles. The van der Waals surface area contributed by atoms with Crippen LogP contribution in [0.3, 0.4) is 0 Å². The first kappa shape index (κ1) is 14.0. The van der Waals surface area contributed by atoms with Crippen molar-refractivity contribution in [1.29, 1.82) is 0 Å². The van der Waals surface area contributed by atoms with Crippen LogP contribution >= 0.6 is 0 Å². The van der Waals surface area contributed by atoms with Gasteiger partial charge in [-0.2, -0.15) is 0 Å². The zero-order chi connectivity index (χ0) is 13.2. The van der Waals surface area contributed by atoms with E-state index in [0.717, 1.165) is 17.7 Å². The van der Waals surface area contributed by atoms with Gasteiger partial charge in [-0.15, -0.1) is 0 Å². The molecule has 1 rings (SSSR count). The molecule has 0 saturated carbocycles. The van der Waals surface area contributed by atoms with Crippen LogP contribution in [-0.4, -0.2) is 13.1 Å². The van der Waals surface area contributed by atoms with E-state index in [2.05, 4.69) is 18.7 Å². The Morgan fingerprint density at radius 3 is 2.41 bits per heavy atom. The average Bonchev–Trinajstić information content (AvgIpc) is 2.29. The maximum absolute atomic E-state index is 13.6. The largest absolute Gasteiger partial charge is 0.372 e. The Labute approximate surface area is 104 Å². The minimum atomic E-state index is -0.182. The Bertz CT molecular complexity index is 388. The van der Waals surface area contributed by atoms with Gasteiger partial charge in [0.15, 0.2) is 0 Å². The lowest BCUT2D eigenvalue weighted by molar-refractivity contribution is 0.609. The molecule has 2 N–H and O–H groups in total. The number of anilines is 1. The fraction of sp³-hybridized carbons (Fsp3) is 0.571. The van der Waals surface area contributed by atoms with Crippen molar-refractivity contribution >= 4 is 5.69 Å². The van der Waals surface area contributed by atoms with Crippen LogP contribution in [0.25, 0.3) is 0 Å². The van der Waals surface area contributed by atoms with Gasteiger partial charge in [-0.1, -0.05) is 6.92 Å². The predicted octanol–water partition coefficient (Wildman–Crippen LogP) is 3.39. The van der Waals surface area contributed by atoms with Crippen molar-refractivity contribution in [3.63, 3.8) is 0 Å². The van der Waals surface area contributed by atoms with E-state index in [0.29, 0.717) is 11.6 Å². The standard InChI is InChI=1S/C14H23FN2/c1-6-10(3)17(5)14-7-9(2)13(15)8-12(14)11(4)16/h7-8,10-11H,6,16H2,1-5H3/t10?,11-/m0/s1. The summed E-state index contributed by atoms with van der Waals surface area (Å²) in [5.74, 6) is -0.182. The predicted molar refractivity (Wildman–Crippen MR) is 71.9 cm³/mol. The van der Waals surface area contributed by atoms with Gasteiger partial charge in [-0.25, -0.2) is 4.39 Å². The van der Waals surface area contributed by atoms with E-state index in [4.69, 9.17) is 5.73 Å². The molecule has 0 aliphatic carbocycles. The lowest BCUT2D eigenvalue weighted by atomic mass is 10.0. The van der Waals surface area contributed by atoms with Crippen LogP contribution in [0, 0.1) is 12.7 Å². The van der Waals surface area contributed by atoms with Crippen LogP contribution in [0.4, 0.5) is 10.1 Å². The van der Waals surface area contributed by atoms with Crippen molar-refractivity contribution in [2.24, 2.45) is 5.73 Å². The molecule has 0 spiro atoms. The van der Waals surface area contributed by atoms with Gasteiger partial charge < -0.3 is 10.6 Å². The molecular formula is C14H23FN2. The Morgan fingerprint density at radius 1 is 1.35 bits per heavy atom. The molecule has 96 valence electrons. The Kier molecular flexibility index (Phi) is 4.52. The first-order valence-corrected chi connectivity index (χ1v) is 6.16. The number of rotatable bonds is 4. The van der Waals surface area contributed by atoms with Crippen molar-refractivity contribution in [3.05, 3.63) is 29.1 Å². The quantitative estimate of drug-likeness (QED) is 0.871. The fourth-order valence-corrected chi connectivity index (χ4v) is 1.86. The molecule has 3 heteroatoms. The van der Waals surface area contributed by atoms with Gasteiger partial charge in [0.1, 0.15) is 5.82 Å². The lowest BCUT2D eigenvalue weighted by Gasteiger charge is -2.29. The SMILES string of the molecule is CCC(C)N(C)c1cc(C)c(F)cc1[C@H](C)N. The highest BCUT2D eigenvalue weighted by atomic mass is 19.1. The van der Waals surface area contributed by atoms with E-state index in [9.17, 15) is 4.39 Å². The van der Waals surface area contributed by atoms with Crippen molar-refractivity contribution in [2.45, 2.75) is 46.2 Å². The van der Waals surface area contributed by atoms with Crippen LogP contribution in [0.15, 0.2) is 12.1 Å². The highest BCUT2D eigenvalue weighted by molar-refractivity contribution is 5.57. The normalized spacial score (nSPS) is 14.5. The molecule has 0 saturated heterocycles. The zero-order valence-corrected chi connectivity index (χ0v) is 11.4. The number of halogens is 1. The minimum Gasteiger partial charge on any atom is -0.372 e. The van der Waals surface area contributed by atoms with Crippen LogP contribution < -0.4 is 10.6 Å². The maximum atomic E-state index is 13.6. The van der Waals surface area contributed by atoms with Gasteiger partial charge in [0, 0.05) is 24.8 Å². The molecule has 1 unspecified atom stereocenters. The number of nitrogens with zero attached hydrogens (tertiary/aromatic N) is 1. The van der Waals surface area contributed by atoms with Crippen LogP contribution in [0.5, 0.6) is 0 Å². The highest BCUT2D eigenvalue weighted by Crippen LogP contribution is 2.29. The van der Waals surface area contributed by atoms with E-state index < -0.39 is 0 Å². The van der Waals surface area contributed by atoms with Crippen LogP contribution in [-0.2, 0) is 0 Å². The summed E-state index contributed by atoms with van der Waals surface area (Å²) in [6.45, 7) is 7.97. The topological polar surface area (TPSA) is 29.3 Å². The number of hydrogen-bond acceptors (Lipinski definition) is 2. The summed E-state index contributed by atoms with van der Waals surface area (Å²) in [6.07, 6.45) is 1.05. The van der Waals surface area contributed by atoms with Crippen LogP contribution in [0.1, 0.15) is 44.4 Å². The molecule has 0 bridgehead atoms. The summed E-state index contributed by atoms with van der Waals surface area (Å²) < 4.78 is 13.6. The summed E-state index contributed by atoms with van der Waals surface area (Å²) in [7, 11) is 2.03. The number of aryl methyl sites for hydroxylation is 1. The molecule has 1 aromatic rings. The monoisotopic (exact) mass is 238 g/mol. The third-order valence-corrected chi connectivity index (χ3v) is 3.43. The molecule has 0 aromatic heterocycles. The zero-order valence-electron chi connectivity index (χ0n) is 11.4. The van der Waals surface area contributed by atoms with E-state index in [1.54, 1.807) is 13.0 Å². The van der Waals surface area contributed by atoms with E-state index in [1.807, 2.05) is 20.0 Å². The Balaban J connectivity index is 3.25. The van der Waals surface area contributed by atoms with Gasteiger partial charge in [-0.3, -0.25) is 0 Å². The first-order chi connectivity index (χ1) is 7.88. The molecule has 2 atom stereocenters. The third-order valence-electron chi connectivity index (χ3n) is 3.43. The average molecular weight is 238 g/mol. The maximum Gasteiger partial charge on any atom is 0.126 e. The molecule has 0 fully saturated rings. The molecule has 0 heterocycles. The van der Waals surface area contributed by atoms with Gasteiger partial charge in [0.2, 0.25) is 0 Å². The number of hydrogen-bond donors (Lipinski definition) is 1. The smallest absolute Gasteiger partial charge is 0.126 e. The summed E-state index contributed by atoms with van der Waals surface area (Å²) >= 11 is 0. The molecule has 17 heavy (non-hydrogen) atoms. The van der Waals surface area contributed by atoms with Gasteiger partial charge in [0.25, 0.3) is 0 Å². The number of benzene rings is 1. The number of nitrogens with two attached hydrogens (primary N) is 1. The van der Waals surface area contributed by atoms with Crippen molar-refractivity contribution in [1.82, 2.24) is 0 Å². The van der Waals surface area contributed by atoms with E-state index >= 15 is 0 Å². The van der Waals surface area contributed by atoms with E-state index in [1.165, 1.54) is 0 Å². The van der Waals surface area contributed by atoms with Crippen molar-refractivity contribution in [2.75, 3.05) is 11.9 Å². The summed E-state index contributed by atoms with van der Waals surface area (Å²) in [5.41, 5.74) is 8.49. The van der Waals surface area contributed by atoms with Gasteiger partial charge in [0.05, 0.1) is 0 Å². The second kappa shape index (κ2) is 5.50. The molecule has 0 radical (unpaired) electrons. The summed E-state index contributed by atoms with van der Waals surface area (Å²) in [6, 6.07) is 3.71. The molecule has 2 nitrogen and oxygen atoms in total. The fourth-order valence-electron chi connectivity index (χ4n) is 1.86. The van der Waals surface area contributed by atoms with Gasteiger partial charge in [-0.05, 0) is 50.5 Å². The second-order valence-electron chi connectivity index (χ2n) is 4.82. The first-order valence-electron chi connectivity index (χ1n) is 6.16. The van der Waals surface area contributed by atoms with Crippen molar-refractivity contribution < 1.29 is 4.39 Å². The van der Waals surface area contributed by atoms with Crippen molar-refractivity contribution in [3.8, 4) is 0 Å². The Hall–Kier alpha value is -1.09. The van der Waals surface area contributed by atoms with E-state index in [-0.39, 0.29) is 11.9 Å². The molecule has 0 aliphatic heterocycles. The summed E-state index contributed by atoms with van der Waals surface area (Å²) in [5, 5.41) is 0. The highest BCUT2D eigenvalue weighted by Gasteiger charge is 2.16. The van der Waals surface area contributed by atoms with Gasteiger partial charge >= 0.3 is 0 Å². The Morgan fingerprint density at radius 2 is 1.94 bits per heavy atom. The minimum absolute atomic E-state index is 0.161. The lowest BCUT2D eigenvalue weighted by Crippen LogP contribution is -2.30. The molecule has 0 aliphatic rings. The molecule has 0 amide bonds. The third kappa shape index (κ3) is 2.97.